The summed E-state index contributed by atoms with van der Waals surface area (Å²) in [5.41, 5.74) is 2.36. The number of phenolic OH excluding ortho intramolecular Hbond substituents is 1. The number of nitrogens with one attached hydrogen (secondary N) is 1. The monoisotopic (exact) mass is 397 g/mol. The largest absolute Gasteiger partial charge is 0.508 e. The molecule has 148 valence electrons. The Hall–Kier alpha value is -4.19. The topological polar surface area (TPSA) is 84.2 Å². The molecule has 1 heterocycles. The molecule has 0 aliphatic carbocycles. The summed E-state index contributed by atoms with van der Waals surface area (Å²) in [5.74, 6) is -0.552. The number of carbonyl (C=O) groups excluding carboxylic acids is 1. The van der Waals surface area contributed by atoms with Crippen LogP contribution in [0.5, 0.6) is 5.75 Å². The molecule has 6 nitrogen and oxygen atoms in total. The molecule has 0 bridgehead atoms. The van der Waals surface area contributed by atoms with E-state index < -0.39 is 11.5 Å². The second kappa shape index (κ2) is 8.05. The Bertz CT molecular complexity index is 1270. The third-order valence-corrected chi connectivity index (χ3v) is 4.69. The second-order valence-corrected chi connectivity index (χ2v) is 6.76. The van der Waals surface area contributed by atoms with Crippen LogP contribution in [0.1, 0.15) is 10.4 Å². The van der Waals surface area contributed by atoms with E-state index in [4.69, 9.17) is 0 Å². The van der Waals surface area contributed by atoms with Gasteiger partial charge < -0.3 is 10.4 Å². The third kappa shape index (κ3) is 3.71. The number of anilines is 1. The van der Waals surface area contributed by atoms with Gasteiger partial charge in [0.15, 0.2) is 0 Å². The van der Waals surface area contributed by atoms with Crippen molar-refractivity contribution in [2.24, 2.45) is 7.05 Å². The summed E-state index contributed by atoms with van der Waals surface area (Å²) in [7, 11) is 1.52. The number of nitrogens with zero attached hydrogens (tertiary/aromatic N) is 2. The minimum Gasteiger partial charge on any atom is -0.508 e. The fraction of sp³-hybridized carbons (Fsp3) is 0.0417. The van der Waals surface area contributed by atoms with E-state index in [1.165, 1.54) is 23.9 Å². The highest BCUT2D eigenvalue weighted by molar-refractivity contribution is 6.10. The van der Waals surface area contributed by atoms with Crippen LogP contribution in [0.2, 0.25) is 0 Å². The molecule has 0 spiro atoms. The van der Waals surface area contributed by atoms with Crippen LogP contribution in [0.3, 0.4) is 0 Å². The smallest absolute Gasteiger partial charge is 0.280 e. The van der Waals surface area contributed by atoms with Crippen LogP contribution in [-0.2, 0) is 7.05 Å². The molecule has 3 aromatic carbocycles. The van der Waals surface area contributed by atoms with Crippen molar-refractivity contribution in [3.05, 3.63) is 101 Å². The highest BCUT2D eigenvalue weighted by atomic mass is 16.3. The van der Waals surface area contributed by atoms with Gasteiger partial charge in [-0.05, 0) is 17.7 Å². The molecule has 0 atom stereocenters. The molecular weight excluding hydrogens is 378 g/mol. The van der Waals surface area contributed by atoms with Gasteiger partial charge in [0.2, 0.25) is 0 Å². The van der Waals surface area contributed by atoms with Gasteiger partial charge in [-0.3, -0.25) is 9.59 Å². The summed E-state index contributed by atoms with van der Waals surface area (Å²) in [4.78, 5) is 26.3. The van der Waals surface area contributed by atoms with Crippen molar-refractivity contribution < 1.29 is 9.90 Å². The highest BCUT2D eigenvalue weighted by Gasteiger charge is 2.24. The van der Waals surface area contributed by atoms with Crippen LogP contribution in [-0.4, -0.2) is 20.8 Å². The lowest BCUT2D eigenvalue weighted by molar-refractivity contribution is 0.102. The van der Waals surface area contributed by atoms with E-state index in [1.807, 2.05) is 60.7 Å². The molecule has 0 aliphatic rings. The predicted octanol–water partition coefficient (Wildman–Crippen LogP) is 4.07. The Morgan fingerprint density at radius 3 is 2.17 bits per heavy atom. The average molecular weight is 397 g/mol. The number of aromatic hydroxyl groups is 1. The van der Waals surface area contributed by atoms with E-state index in [2.05, 4.69) is 10.4 Å². The summed E-state index contributed by atoms with van der Waals surface area (Å²) < 4.78 is 1.17. The van der Waals surface area contributed by atoms with Crippen molar-refractivity contribution in [2.45, 2.75) is 0 Å². The predicted molar refractivity (Wildman–Crippen MR) is 116 cm³/mol. The maximum Gasteiger partial charge on any atom is 0.280 e. The first kappa shape index (κ1) is 19.1. The van der Waals surface area contributed by atoms with E-state index in [-0.39, 0.29) is 11.3 Å². The van der Waals surface area contributed by atoms with Crippen LogP contribution in [0.15, 0.2) is 89.7 Å². The van der Waals surface area contributed by atoms with Gasteiger partial charge in [-0.25, -0.2) is 4.68 Å². The molecule has 2 N–H and O–H groups in total. The fourth-order valence-corrected chi connectivity index (χ4v) is 3.30. The molecule has 4 rings (SSSR count). The lowest BCUT2D eigenvalue weighted by Gasteiger charge is -2.16. The molecule has 0 unspecified atom stereocenters. The van der Waals surface area contributed by atoms with Gasteiger partial charge in [-0.1, -0.05) is 66.7 Å². The molecule has 0 radical (unpaired) electrons. The van der Waals surface area contributed by atoms with E-state index in [1.54, 1.807) is 12.1 Å². The zero-order valence-electron chi connectivity index (χ0n) is 16.2. The maximum atomic E-state index is 13.2. The summed E-state index contributed by atoms with van der Waals surface area (Å²) in [5, 5.41) is 16.9. The fourth-order valence-electron chi connectivity index (χ4n) is 3.30. The van der Waals surface area contributed by atoms with Crippen LogP contribution >= 0.6 is 0 Å². The molecule has 30 heavy (non-hydrogen) atoms. The molecule has 0 saturated heterocycles. The van der Waals surface area contributed by atoms with Crippen molar-refractivity contribution in [2.75, 3.05) is 5.32 Å². The van der Waals surface area contributed by atoms with Crippen molar-refractivity contribution in [3.63, 3.8) is 0 Å². The van der Waals surface area contributed by atoms with E-state index in [0.717, 1.165) is 5.56 Å². The molecule has 0 fully saturated rings. The van der Waals surface area contributed by atoms with Crippen LogP contribution in [0.25, 0.3) is 22.4 Å². The molecule has 4 aromatic rings. The van der Waals surface area contributed by atoms with Crippen LogP contribution < -0.4 is 10.9 Å². The number of rotatable bonds is 4. The minimum absolute atomic E-state index is 0.0131. The lowest BCUT2D eigenvalue weighted by atomic mass is 9.95. The lowest BCUT2D eigenvalue weighted by Crippen LogP contribution is -2.31. The van der Waals surface area contributed by atoms with Gasteiger partial charge >= 0.3 is 0 Å². The van der Waals surface area contributed by atoms with E-state index in [0.29, 0.717) is 22.5 Å². The van der Waals surface area contributed by atoms with E-state index >= 15 is 0 Å². The number of aryl methyl sites for hydroxylation is 1. The molecular formula is C24H19N3O3. The number of carbonyl (C=O) groups is 1. The number of hydrogen-bond donors (Lipinski definition) is 2. The van der Waals surface area contributed by atoms with Crippen molar-refractivity contribution in [3.8, 4) is 28.1 Å². The SMILES string of the molecule is Cn1nc(-c2ccccc2)c(-c2ccccc2)c(C(=O)Nc2cccc(O)c2)c1=O. The Labute approximate surface area is 173 Å². The Morgan fingerprint density at radius 1 is 0.900 bits per heavy atom. The van der Waals surface area contributed by atoms with Crippen molar-refractivity contribution >= 4 is 11.6 Å². The number of phenols is 1. The third-order valence-electron chi connectivity index (χ3n) is 4.69. The Balaban J connectivity index is 1.96. The van der Waals surface area contributed by atoms with Crippen molar-refractivity contribution in [1.82, 2.24) is 9.78 Å². The normalized spacial score (nSPS) is 10.6. The minimum atomic E-state index is -0.570. The molecule has 1 amide bonds. The van der Waals surface area contributed by atoms with Crippen molar-refractivity contribution in [1.29, 1.82) is 0 Å². The Kier molecular flexibility index (Phi) is 5.13. The van der Waals surface area contributed by atoms with Gasteiger partial charge in [-0.2, -0.15) is 5.10 Å². The first-order chi connectivity index (χ1) is 14.5. The zero-order valence-corrected chi connectivity index (χ0v) is 16.2. The van der Waals surface area contributed by atoms with Gasteiger partial charge in [0, 0.05) is 29.9 Å². The second-order valence-electron chi connectivity index (χ2n) is 6.76. The first-order valence-electron chi connectivity index (χ1n) is 9.37. The highest BCUT2D eigenvalue weighted by Crippen LogP contribution is 2.32. The number of aromatic nitrogens is 2. The van der Waals surface area contributed by atoms with Gasteiger partial charge in [0.1, 0.15) is 11.3 Å². The summed E-state index contributed by atoms with van der Waals surface area (Å²) in [6, 6.07) is 24.8. The molecule has 0 saturated carbocycles. The first-order valence-corrected chi connectivity index (χ1v) is 9.37. The molecule has 0 aliphatic heterocycles. The zero-order chi connectivity index (χ0) is 21.1. The quantitative estimate of drug-likeness (QED) is 0.544. The van der Waals surface area contributed by atoms with Gasteiger partial charge in [-0.15, -0.1) is 0 Å². The molecule has 6 heteroatoms. The van der Waals surface area contributed by atoms with Gasteiger partial charge in [0.05, 0.1) is 5.69 Å². The van der Waals surface area contributed by atoms with E-state index in [9.17, 15) is 14.7 Å². The maximum absolute atomic E-state index is 13.2. The molecule has 1 aromatic heterocycles. The van der Waals surface area contributed by atoms with Crippen LogP contribution in [0, 0.1) is 0 Å². The number of amides is 1. The number of benzene rings is 3. The number of hydrogen-bond acceptors (Lipinski definition) is 4. The Morgan fingerprint density at radius 2 is 1.53 bits per heavy atom. The average Bonchev–Trinajstić information content (AvgIpc) is 2.76. The standard InChI is InChI=1S/C24H19N3O3/c1-27-24(30)21(23(29)25-18-13-8-14-19(28)15-18)20(16-9-4-2-5-10-16)22(26-27)17-11-6-3-7-12-17/h2-15,28H,1H3,(H,25,29). The summed E-state index contributed by atoms with van der Waals surface area (Å²) in [6.45, 7) is 0. The summed E-state index contributed by atoms with van der Waals surface area (Å²) >= 11 is 0. The summed E-state index contributed by atoms with van der Waals surface area (Å²) in [6.07, 6.45) is 0. The van der Waals surface area contributed by atoms with Gasteiger partial charge in [0.25, 0.3) is 11.5 Å². The van der Waals surface area contributed by atoms with Crippen LogP contribution in [0.4, 0.5) is 5.69 Å².